The smallest absolute Gasteiger partial charge is 0.322 e. The van der Waals surface area contributed by atoms with Crippen LogP contribution in [-0.4, -0.2) is 81.1 Å². The second kappa shape index (κ2) is 13.4. The summed E-state index contributed by atoms with van der Waals surface area (Å²) in [6, 6.07) is 4.84. The highest BCUT2D eigenvalue weighted by Gasteiger charge is 2.24. The topological polar surface area (TPSA) is 190 Å². The van der Waals surface area contributed by atoms with Crippen LogP contribution in [0.3, 0.4) is 0 Å². The molecule has 4 amide bonds. The van der Waals surface area contributed by atoms with Gasteiger partial charge in [-0.2, -0.15) is 0 Å². The molecule has 0 aliphatic rings. The zero-order chi connectivity index (χ0) is 27.7. The number of carboxylic acid groups (broad SMARTS) is 1. The molecule has 1 heterocycles. The Kier molecular flexibility index (Phi) is 10.6. The third kappa shape index (κ3) is 8.88. The van der Waals surface area contributed by atoms with Gasteiger partial charge in [-0.25, -0.2) is 0 Å². The van der Waals surface area contributed by atoms with E-state index in [0.29, 0.717) is 15.6 Å². The Labute approximate surface area is 220 Å². The number of nitrogens with zero attached hydrogens (tertiary/aromatic N) is 2. The Morgan fingerprint density at radius 1 is 0.946 bits per heavy atom. The molecule has 0 spiro atoms. The van der Waals surface area contributed by atoms with E-state index in [0.717, 1.165) is 10.8 Å². The van der Waals surface area contributed by atoms with Crippen LogP contribution in [0.15, 0.2) is 24.4 Å². The summed E-state index contributed by atoms with van der Waals surface area (Å²) < 4.78 is 0.940. The van der Waals surface area contributed by atoms with E-state index >= 15 is 0 Å². The SMILES string of the molecule is CN(Cc1ccc(Cl)c(Cl)c1)C(=O)c1cn(CC(=O)NCC(=O)NCCC(=O)NCC(=O)O)c(O)c1O. The molecule has 0 fully saturated rings. The molecule has 2 rings (SSSR count). The van der Waals surface area contributed by atoms with Gasteiger partial charge in [-0.3, -0.25) is 24.0 Å². The number of aromatic nitrogens is 1. The van der Waals surface area contributed by atoms with E-state index < -0.39 is 60.9 Å². The number of aromatic hydroxyl groups is 2. The van der Waals surface area contributed by atoms with Crippen LogP contribution in [0.1, 0.15) is 22.3 Å². The third-order valence-electron chi connectivity index (χ3n) is 4.88. The van der Waals surface area contributed by atoms with Crippen molar-refractivity contribution in [3.63, 3.8) is 0 Å². The first-order valence-corrected chi connectivity index (χ1v) is 11.5. The molecule has 1 aromatic heterocycles. The maximum Gasteiger partial charge on any atom is 0.322 e. The summed E-state index contributed by atoms with van der Waals surface area (Å²) in [6.07, 6.45) is 0.952. The number of aliphatic carboxylic acids is 1. The van der Waals surface area contributed by atoms with Crippen molar-refractivity contribution in [2.45, 2.75) is 19.5 Å². The van der Waals surface area contributed by atoms with Gasteiger partial charge in [0, 0.05) is 32.8 Å². The molecule has 1 aromatic carbocycles. The van der Waals surface area contributed by atoms with Crippen molar-refractivity contribution in [2.75, 3.05) is 26.7 Å². The van der Waals surface area contributed by atoms with Crippen molar-refractivity contribution in [3.05, 3.63) is 45.6 Å². The number of carbonyl (C=O) groups excluding carboxylic acids is 4. The van der Waals surface area contributed by atoms with Gasteiger partial charge in [-0.1, -0.05) is 29.3 Å². The van der Waals surface area contributed by atoms with Gasteiger partial charge in [0.15, 0.2) is 5.75 Å². The van der Waals surface area contributed by atoms with Gasteiger partial charge in [-0.05, 0) is 17.7 Å². The molecule has 0 radical (unpaired) electrons. The lowest BCUT2D eigenvalue weighted by atomic mass is 10.2. The molecule has 0 aliphatic heterocycles. The van der Waals surface area contributed by atoms with Crippen LogP contribution in [0.5, 0.6) is 11.6 Å². The third-order valence-corrected chi connectivity index (χ3v) is 5.61. The minimum atomic E-state index is -1.20. The summed E-state index contributed by atoms with van der Waals surface area (Å²) in [6.45, 7) is -1.44. The number of carboxylic acids is 1. The van der Waals surface area contributed by atoms with E-state index in [2.05, 4.69) is 16.0 Å². The van der Waals surface area contributed by atoms with Crippen molar-refractivity contribution in [2.24, 2.45) is 0 Å². The molecule has 37 heavy (non-hydrogen) atoms. The van der Waals surface area contributed by atoms with E-state index in [4.69, 9.17) is 28.3 Å². The number of rotatable bonds is 12. The minimum Gasteiger partial charge on any atom is -0.503 e. The van der Waals surface area contributed by atoms with Gasteiger partial charge in [0.2, 0.25) is 23.6 Å². The Morgan fingerprint density at radius 3 is 2.27 bits per heavy atom. The van der Waals surface area contributed by atoms with Gasteiger partial charge in [0.25, 0.3) is 5.91 Å². The number of hydrogen-bond acceptors (Lipinski definition) is 7. The first-order valence-electron chi connectivity index (χ1n) is 10.7. The second-order valence-electron chi connectivity index (χ2n) is 7.80. The Hall–Kier alpha value is -3.97. The summed E-state index contributed by atoms with van der Waals surface area (Å²) in [7, 11) is 1.47. The van der Waals surface area contributed by atoms with Crippen molar-refractivity contribution < 1.29 is 39.3 Å². The quantitative estimate of drug-likeness (QED) is 0.214. The van der Waals surface area contributed by atoms with E-state index in [1.54, 1.807) is 18.2 Å². The number of amides is 4. The van der Waals surface area contributed by atoms with Crippen molar-refractivity contribution in [1.29, 1.82) is 0 Å². The summed E-state index contributed by atoms with van der Waals surface area (Å²) in [4.78, 5) is 59.8. The highest BCUT2D eigenvalue weighted by Crippen LogP contribution is 2.32. The molecule has 0 saturated heterocycles. The lowest BCUT2D eigenvalue weighted by Gasteiger charge is -2.17. The molecule has 0 bridgehead atoms. The maximum absolute atomic E-state index is 12.8. The standard InChI is InChI=1S/C22H25Cl2N5O8/c1-28(9-12-2-3-14(23)15(24)6-12)21(36)13-10-29(22(37)20(13)35)11-18(32)26-7-17(31)25-5-4-16(30)27-8-19(33)34/h2-3,6,10,35,37H,4-5,7-9,11H2,1H3,(H,25,31)(H,26,32)(H,27,30)(H,33,34). The van der Waals surface area contributed by atoms with E-state index in [1.165, 1.54) is 11.9 Å². The van der Waals surface area contributed by atoms with Gasteiger partial charge in [0.1, 0.15) is 18.7 Å². The van der Waals surface area contributed by atoms with Crippen LogP contribution >= 0.6 is 23.2 Å². The highest BCUT2D eigenvalue weighted by atomic mass is 35.5. The Bertz CT molecular complexity index is 1200. The van der Waals surface area contributed by atoms with Crippen LogP contribution in [0.2, 0.25) is 10.0 Å². The van der Waals surface area contributed by atoms with Gasteiger partial charge < -0.3 is 40.7 Å². The fourth-order valence-electron chi connectivity index (χ4n) is 3.03. The molecule has 15 heteroatoms. The average molecular weight is 558 g/mol. The molecular formula is C22H25Cl2N5O8. The fraction of sp³-hybridized carbons (Fsp3) is 0.318. The predicted molar refractivity (Wildman–Crippen MR) is 131 cm³/mol. The minimum absolute atomic E-state index is 0.0758. The fourth-order valence-corrected chi connectivity index (χ4v) is 3.35. The molecule has 0 saturated carbocycles. The van der Waals surface area contributed by atoms with Gasteiger partial charge >= 0.3 is 5.97 Å². The lowest BCUT2D eigenvalue weighted by Crippen LogP contribution is -2.39. The molecular weight excluding hydrogens is 533 g/mol. The van der Waals surface area contributed by atoms with E-state index in [9.17, 15) is 34.2 Å². The van der Waals surface area contributed by atoms with Gasteiger partial charge in [0.05, 0.1) is 16.6 Å². The Balaban J connectivity index is 1.86. The number of hydrogen-bond donors (Lipinski definition) is 6. The van der Waals surface area contributed by atoms with E-state index in [1.807, 2.05) is 0 Å². The maximum atomic E-state index is 12.8. The number of nitrogens with one attached hydrogen (secondary N) is 3. The molecule has 0 unspecified atom stereocenters. The normalized spacial score (nSPS) is 10.5. The lowest BCUT2D eigenvalue weighted by molar-refractivity contribution is -0.138. The summed E-state index contributed by atoms with van der Waals surface area (Å²) in [5, 5.41) is 36.3. The van der Waals surface area contributed by atoms with Crippen LogP contribution < -0.4 is 16.0 Å². The van der Waals surface area contributed by atoms with Crippen LogP contribution in [0.4, 0.5) is 0 Å². The number of benzene rings is 1. The first-order chi connectivity index (χ1) is 17.4. The summed E-state index contributed by atoms with van der Waals surface area (Å²) in [5.41, 5.74) is 0.429. The van der Waals surface area contributed by atoms with Crippen LogP contribution in [0, 0.1) is 0 Å². The summed E-state index contributed by atoms with van der Waals surface area (Å²) in [5.74, 6) is -5.14. The van der Waals surface area contributed by atoms with E-state index in [-0.39, 0.29) is 25.1 Å². The number of carbonyl (C=O) groups is 5. The molecule has 200 valence electrons. The first kappa shape index (κ1) is 29.3. The van der Waals surface area contributed by atoms with Crippen molar-refractivity contribution >= 4 is 52.8 Å². The number of halogens is 2. The highest BCUT2D eigenvalue weighted by molar-refractivity contribution is 6.42. The largest absolute Gasteiger partial charge is 0.503 e. The molecule has 0 aliphatic carbocycles. The zero-order valence-corrected chi connectivity index (χ0v) is 21.1. The predicted octanol–water partition coefficient (Wildman–Crippen LogP) is 0.302. The summed E-state index contributed by atoms with van der Waals surface area (Å²) >= 11 is 11.9. The van der Waals surface area contributed by atoms with Crippen molar-refractivity contribution in [3.8, 4) is 11.6 Å². The van der Waals surface area contributed by atoms with Crippen molar-refractivity contribution in [1.82, 2.24) is 25.4 Å². The van der Waals surface area contributed by atoms with Gasteiger partial charge in [-0.15, -0.1) is 0 Å². The van der Waals surface area contributed by atoms with Crippen LogP contribution in [-0.2, 0) is 32.3 Å². The molecule has 13 nitrogen and oxygen atoms in total. The molecule has 6 N–H and O–H groups in total. The van der Waals surface area contributed by atoms with Crippen LogP contribution in [0.25, 0.3) is 0 Å². The monoisotopic (exact) mass is 557 g/mol. The zero-order valence-electron chi connectivity index (χ0n) is 19.6. The molecule has 2 aromatic rings. The average Bonchev–Trinajstić information content (AvgIpc) is 3.11. The second-order valence-corrected chi connectivity index (χ2v) is 8.61. The Morgan fingerprint density at radius 2 is 1.62 bits per heavy atom. The molecule has 0 atom stereocenters.